The molecule has 18 heavy (non-hydrogen) atoms. The average Bonchev–Trinajstić information content (AvgIpc) is 2.69. The lowest BCUT2D eigenvalue weighted by Gasteiger charge is -2.15. The number of aromatic nitrogens is 2. The molecule has 0 fully saturated rings. The molecule has 6 heteroatoms. The first-order chi connectivity index (χ1) is 8.47. The summed E-state index contributed by atoms with van der Waals surface area (Å²) in [4.78, 5) is 12.6. The summed E-state index contributed by atoms with van der Waals surface area (Å²) in [5.41, 5.74) is 6.94. The summed E-state index contributed by atoms with van der Waals surface area (Å²) in [6.07, 6.45) is 3.79. The van der Waals surface area contributed by atoms with Gasteiger partial charge in [0.05, 0.1) is 16.2 Å². The Morgan fingerprint density at radius 1 is 1.61 bits per heavy atom. The molecule has 1 atom stereocenters. The Bertz CT molecular complexity index is 441. The zero-order valence-electron chi connectivity index (χ0n) is 11.1. The number of nitrogens with one attached hydrogen (secondary N) is 1. The van der Waals surface area contributed by atoms with E-state index in [-0.39, 0.29) is 11.9 Å². The van der Waals surface area contributed by atoms with Gasteiger partial charge in [0.15, 0.2) is 0 Å². The first kappa shape index (κ1) is 14.6. The van der Waals surface area contributed by atoms with Gasteiger partial charge in [-0.1, -0.05) is 26.1 Å². The number of nitrogens with zero attached hydrogens (tertiary/aromatic N) is 2. The number of rotatable bonds is 6. The number of carbonyl (C=O) groups is 1. The lowest BCUT2D eigenvalue weighted by molar-refractivity contribution is 0.0936. The number of nitrogens with two attached hydrogens (primary N) is 1. The fourth-order valence-electron chi connectivity index (χ4n) is 1.79. The molecule has 3 N–H and O–H groups in total. The Labute approximate surface area is 113 Å². The molecule has 0 aliphatic rings. The van der Waals surface area contributed by atoms with Crippen LogP contribution in [0.1, 0.15) is 42.7 Å². The monoisotopic (exact) mass is 268 g/mol. The van der Waals surface area contributed by atoms with Crippen LogP contribution >= 0.6 is 12.2 Å². The molecule has 1 rings (SSSR count). The maximum atomic E-state index is 12.1. The van der Waals surface area contributed by atoms with E-state index in [4.69, 9.17) is 18.0 Å². The molecule has 0 aliphatic heterocycles. The van der Waals surface area contributed by atoms with Crippen molar-refractivity contribution in [3.63, 3.8) is 0 Å². The minimum absolute atomic E-state index is 0.0140. The molecule has 5 nitrogen and oxygen atoms in total. The molecule has 1 aromatic rings. The average molecular weight is 268 g/mol. The van der Waals surface area contributed by atoms with E-state index < -0.39 is 0 Å². The fourth-order valence-corrected chi connectivity index (χ4v) is 1.99. The van der Waals surface area contributed by atoms with Crippen molar-refractivity contribution in [2.45, 2.75) is 39.2 Å². The third kappa shape index (κ3) is 3.80. The Balaban J connectivity index is 2.77. The highest BCUT2D eigenvalue weighted by molar-refractivity contribution is 7.80. The molecule has 1 aromatic heterocycles. The van der Waals surface area contributed by atoms with E-state index in [1.807, 2.05) is 20.9 Å². The van der Waals surface area contributed by atoms with Crippen molar-refractivity contribution in [3.05, 3.63) is 17.5 Å². The maximum absolute atomic E-state index is 12.1. The van der Waals surface area contributed by atoms with Gasteiger partial charge < -0.3 is 11.1 Å². The van der Waals surface area contributed by atoms with Crippen LogP contribution in [0.25, 0.3) is 0 Å². The van der Waals surface area contributed by atoms with E-state index in [0.29, 0.717) is 17.0 Å². The summed E-state index contributed by atoms with van der Waals surface area (Å²) >= 11 is 4.87. The van der Waals surface area contributed by atoms with Crippen LogP contribution in [-0.4, -0.2) is 26.7 Å². The quantitative estimate of drug-likeness (QED) is 0.760. The number of aryl methyl sites for hydroxylation is 2. The topological polar surface area (TPSA) is 72.9 Å². The number of amides is 1. The minimum atomic E-state index is -0.108. The molecule has 1 amide bonds. The lowest BCUT2D eigenvalue weighted by Crippen LogP contribution is -2.37. The van der Waals surface area contributed by atoms with Gasteiger partial charge in [0, 0.05) is 25.7 Å². The molecule has 0 saturated carbocycles. The number of carbonyl (C=O) groups excluding carboxylic acids is 1. The van der Waals surface area contributed by atoms with Gasteiger partial charge in [-0.2, -0.15) is 5.10 Å². The van der Waals surface area contributed by atoms with E-state index >= 15 is 0 Å². The van der Waals surface area contributed by atoms with E-state index in [2.05, 4.69) is 10.4 Å². The van der Waals surface area contributed by atoms with Crippen molar-refractivity contribution in [3.8, 4) is 0 Å². The first-order valence-corrected chi connectivity index (χ1v) is 6.50. The zero-order valence-corrected chi connectivity index (χ0v) is 11.9. The van der Waals surface area contributed by atoms with E-state index in [9.17, 15) is 4.79 Å². The Kier molecular flexibility index (Phi) is 5.27. The van der Waals surface area contributed by atoms with Crippen LogP contribution < -0.4 is 11.1 Å². The van der Waals surface area contributed by atoms with Gasteiger partial charge in [-0.25, -0.2) is 0 Å². The molecule has 0 spiro atoms. The van der Waals surface area contributed by atoms with Crippen molar-refractivity contribution in [1.82, 2.24) is 15.1 Å². The largest absolute Gasteiger partial charge is 0.393 e. The zero-order chi connectivity index (χ0) is 13.7. The summed E-state index contributed by atoms with van der Waals surface area (Å²) in [7, 11) is 1.81. The summed E-state index contributed by atoms with van der Waals surface area (Å²) in [5.74, 6) is -0.108. The van der Waals surface area contributed by atoms with E-state index in [1.54, 1.807) is 10.9 Å². The lowest BCUT2D eigenvalue weighted by atomic mass is 10.1. The van der Waals surface area contributed by atoms with Crippen LogP contribution in [0, 0.1) is 0 Å². The van der Waals surface area contributed by atoms with Crippen molar-refractivity contribution < 1.29 is 4.79 Å². The summed E-state index contributed by atoms with van der Waals surface area (Å²) in [6.45, 7) is 3.97. The highest BCUT2D eigenvalue weighted by atomic mass is 32.1. The molecular weight excluding hydrogens is 248 g/mol. The second-order valence-electron chi connectivity index (χ2n) is 4.27. The van der Waals surface area contributed by atoms with Crippen LogP contribution in [0.5, 0.6) is 0 Å². The molecule has 0 aliphatic carbocycles. The van der Waals surface area contributed by atoms with Gasteiger partial charge in [-0.15, -0.1) is 0 Å². The molecule has 1 heterocycles. The number of hydrogen-bond donors (Lipinski definition) is 2. The Hall–Kier alpha value is -1.43. The standard InChI is InChI=1S/C12H20N4OS/c1-4-8(6-11(13)18)14-12(17)9-7-16(3)15-10(9)5-2/h7-8H,4-6H2,1-3H3,(H2,13,18)(H,14,17). The van der Waals surface area contributed by atoms with Crippen LogP contribution in [0.15, 0.2) is 6.20 Å². The molecular formula is C12H20N4OS. The highest BCUT2D eigenvalue weighted by Gasteiger charge is 2.17. The summed E-state index contributed by atoms with van der Waals surface area (Å²) in [5, 5.41) is 7.19. The molecule has 100 valence electrons. The van der Waals surface area contributed by atoms with Crippen LogP contribution in [0.4, 0.5) is 0 Å². The van der Waals surface area contributed by atoms with E-state index in [0.717, 1.165) is 18.5 Å². The third-order valence-electron chi connectivity index (χ3n) is 2.76. The first-order valence-electron chi connectivity index (χ1n) is 6.09. The van der Waals surface area contributed by atoms with Gasteiger partial charge >= 0.3 is 0 Å². The summed E-state index contributed by atoms with van der Waals surface area (Å²) < 4.78 is 1.66. The molecule has 0 radical (unpaired) electrons. The van der Waals surface area contributed by atoms with Crippen LogP contribution in [0.2, 0.25) is 0 Å². The van der Waals surface area contributed by atoms with Crippen LogP contribution in [0.3, 0.4) is 0 Å². The third-order valence-corrected chi connectivity index (χ3v) is 2.93. The fraction of sp³-hybridized carbons (Fsp3) is 0.583. The van der Waals surface area contributed by atoms with Crippen molar-refractivity contribution in [1.29, 1.82) is 0 Å². The predicted octanol–water partition coefficient (Wildman–Crippen LogP) is 1.17. The van der Waals surface area contributed by atoms with Crippen molar-refractivity contribution >= 4 is 23.1 Å². The summed E-state index contributed by atoms with van der Waals surface area (Å²) in [6, 6.07) is -0.0140. The molecule has 0 saturated heterocycles. The molecule has 0 bridgehead atoms. The predicted molar refractivity (Wildman–Crippen MR) is 75.5 cm³/mol. The van der Waals surface area contributed by atoms with Gasteiger partial charge in [0.25, 0.3) is 5.91 Å². The highest BCUT2D eigenvalue weighted by Crippen LogP contribution is 2.08. The van der Waals surface area contributed by atoms with E-state index in [1.165, 1.54) is 0 Å². The van der Waals surface area contributed by atoms with Gasteiger partial charge in [-0.05, 0) is 12.8 Å². The van der Waals surface area contributed by atoms with Gasteiger partial charge in [-0.3, -0.25) is 9.48 Å². The Morgan fingerprint density at radius 2 is 2.28 bits per heavy atom. The van der Waals surface area contributed by atoms with Crippen molar-refractivity contribution in [2.75, 3.05) is 0 Å². The minimum Gasteiger partial charge on any atom is -0.393 e. The normalized spacial score (nSPS) is 12.2. The van der Waals surface area contributed by atoms with Crippen molar-refractivity contribution in [2.24, 2.45) is 12.8 Å². The second kappa shape index (κ2) is 6.49. The smallest absolute Gasteiger partial charge is 0.254 e. The number of hydrogen-bond acceptors (Lipinski definition) is 3. The maximum Gasteiger partial charge on any atom is 0.254 e. The number of thiocarbonyl (C=S) groups is 1. The van der Waals surface area contributed by atoms with Crippen LogP contribution in [-0.2, 0) is 13.5 Å². The molecule has 0 aromatic carbocycles. The SMILES string of the molecule is CCc1nn(C)cc1C(=O)NC(CC)CC(N)=S. The second-order valence-corrected chi connectivity index (χ2v) is 4.79. The molecule has 1 unspecified atom stereocenters. The van der Waals surface area contributed by atoms with Gasteiger partial charge in [0.2, 0.25) is 0 Å². The Morgan fingerprint density at radius 3 is 2.78 bits per heavy atom. The van der Waals surface area contributed by atoms with Gasteiger partial charge in [0.1, 0.15) is 0 Å².